The van der Waals surface area contributed by atoms with Crippen LogP contribution >= 0.6 is 0 Å². The van der Waals surface area contributed by atoms with E-state index in [0.717, 1.165) is 34.6 Å². The number of carbonyl (C=O) groups is 2. The number of amides is 1. The summed E-state index contributed by atoms with van der Waals surface area (Å²) in [6.07, 6.45) is 20.5. The van der Waals surface area contributed by atoms with E-state index in [9.17, 15) is 100 Å². The number of unbranched alkanes of at least 4 members (excludes halogenated alkanes) is 4. The lowest BCUT2D eigenvalue weighted by atomic mass is 10.0. The van der Waals surface area contributed by atoms with Crippen molar-refractivity contribution < 1.29 is 115 Å². The lowest BCUT2D eigenvalue weighted by molar-refractivity contribution is -0.440. The first-order valence-electron chi connectivity index (χ1n) is 34.0. The van der Waals surface area contributed by atoms with Gasteiger partial charge in [-0.1, -0.05) is 61.4 Å². The molecule has 0 heterocycles. The highest BCUT2D eigenvalue weighted by Crippen LogP contribution is 2.38. The van der Waals surface area contributed by atoms with E-state index in [4.69, 9.17) is 5.11 Å². The molecule has 6 aromatic rings. The number of anilines is 2. The molecule has 0 atom stereocenters. The largest absolute Gasteiger partial charge is 0.481 e. The third-order valence-electron chi connectivity index (χ3n) is 17.8. The Morgan fingerprint density at radius 3 is 1.31 bits per heavy atom. The quantitative estimate of drug-likeness (QED) is 0.00569. The average Bonchev–Trinajstić information content (AvgIpc) is 0.758. The van der Waals surface area contributed by atoms with E-state index >= 15 is 0 Å². The van der Waals surface area contributed by atoms with Crippen molar-refractivity contribution in [2.75, 3.05) is 47.5 Å². The van der Waals surface area contributed by atoms with E-state index in [1.807, 2.05) is 65.5 Å². The molecule has 36 heteroatoms. The van der Waals surface area contributed by atoms with Gasteiger partial charge in [-0.2, -0.15) is 68.1 Å². The lowest BCUT2D eigenvalue weighted by Crippen LogP contribution is -2.24. The second-order valence-electron chi connectivity index (χ2n) is 26.0. The van der Waals surface area contributed by atoms with Crippen molar-refractivity contribution in [3.8, 4) is 0 Å². The van der Waals surface area contributed by atoms with Crippen LogP contribution in [0.2, 0.25) is 0 Å². The molecule has 9 N–H and O–H groups in total. The molecule has 0 saturated carbocycles. The summed E-state index contributed by atoms with van der Waals surface area (Å²) in [4.78, 5) is 24.9. The van der Waals surface area contributed by atoms with Crippen LogP contribution in [0.4, 0.5) is 22.7 Å². The fourth-order valence-electron chi connectivity index (χ4n) is 12.3. The fourth-order valence-corrected chi connectivity index (χ4v) is 16.6. The van der Waals surface area contributed by atoms with Crippen LogP contribution in [0.3, 0.4) is 0 Å². The first kappa shape index (κ1) is 89.4. The molecule has 0 saturated heterocycles. The Morgan fingerprint density at radius 2 is 0.862 bits per heavy atom. The molecular weight excluding hydrogens is 1560 g/mol. The molecule has 0 bridgehead atoms. The minimum absolute atomic E-state index is 0.00375. The zero-order valence-electron chi connectivity index (χ0n) is 61.1. The van der Waals surface area contributed by atoms with Gasteiger partial charge >= 0.3 is 5.97 Å². The van der Waals surface area contributed by atoms with Crippen molar-refractivity contribution in [3.05, 3.63) is 185 Å². The van der Waals surface area contributed by atoms with Crippen LogP contribution in [0.25, 0.3) is 21.5 Å². The smallest absolute Gasteiger partial charge is 0.303 e. The minimum Gasteiger partial charge on any atom is -0.481 e. The number of hydrogen-bond donors (Lipinski definition) is 9. The summed E-state index contributed by atoms with van der Waals surface area (Å²) in [6.45, 7) is 14.9. The number of nitrogens with one attached hydrogen (secondary N) is 1. The van der Waals surface area contributed by atoms with E-state index in [1.165, 1.54) is 37.3 Å². The predicted molar refractivity (Wildman–Crippen MR) is 417 cm³/mol. The number of carbonyl (C=O) groups excluding carboxylic acids is 1. The van der Waals surface area contributed by atoms with Gasteiger partial charge in [0.25, 0.3) is 70.8 Å². The Kier molecular flexibility index (Phi) is 31.1. The second-order valence-corrected chi connectivity index (χ2v) is 36.2. The van der Waals surface area contributed by atoms with E-state index in [1.54, 1.807) is 93.0 Å². The third kappa shape index (κ3) is 26.6. The van der Waals surface area contributed by atoms with E-state index in [-0.39, 0.29) is 89.8 Å². The van der Waals surface area contributed by atoms with Gasteiger partial charge in [-0.3, -0.25) is 41.5 Å². The summed E-state index contributed by atoms with van der Waals surface area (Å²) in [5.41, 5.74) is 7.50. The van der Waals surface area contributed by atoms with Crippen LogP contribution in [-0.4, -0.2) is 166 Å². The second kappa shape index (κ2) is 38.0. The summed E-state index contributed by atoms with van der Waals surface area (Å²) in [5.74, 6) is -2.30. The van der Waals surface area contributed by atoms with Gasteiger partial charge < -0.3 is 20.2 Å². The Balaban J connectivity index is 1.21. The van der Waals surface area contributed by atoms with Gasteiger partial charge in [-0.05, 0) is 168 Å². The van der Waals surface area contributed by atoms with Crippen LogP contribution in [0.15, 0.2) is 182 Å². The summed E-state index contributed by atoms with van der Waals surface area (Å²) >= 11 is 0. The van der Waals surface area contributed by atoms with Crippen molar-refractivity contribution in [2.45, 2.75) is 151 Å². The topological polar surface area (TPSA) is 459 Å². The van der Waals surface area contributed by atoms with Crippen LogP contribution < -0.4 is 15.1 Å². The van der Waals surface area contributed by atoms with Crippen molar-refractivity contribution in [1.82, 2.24) is 5.32 Å². The van der Waals surface area contributed by atoms with Crippen LogP contribution in [0, 0.1) is 27.7 Å². The predicted octanol–water partition coefficient (Wildman–Crippen LogP) is 11.8. The molecule has 0 aliphatic heterocycles. The molecule has 1 amide bonds. The van der Waals surface area contributed by atoms with Gasteiger partial charge in [0.2, 0.25) is 17.3 Å². The number of carboxylic acids is 1. The summed E-state index contributed by atoms with van der Waals surface area (Å²) in [6, 6.07) is 18.9. The number of nitrogens with zero attached hydrogens (tertiary/aromatic N) is 4. The van der Waals surface area contributed by atoms with Crippen LogP contribution in [0.5, 0.6) is 0 Å². The van der Waals surface area contributed by atoms with Crippen LogP contribution in [0.1, 0.15) is 120 Å². The monoisotopic (exact) mass is 1650 g/mol. The first-order valence-corrected chi connectivity index (χ1v) is 44.4. The maximum absolute atomic E-state index is 13.4. The van der Waals surface area contributed by atoms with Gasteiger partial charge in [0.05, 0.1) is 26.2 Å². The summed E-state index contributed by atoms with van der Waals surface area (Å²) < 4.78 is 243. The minimum atomic E-state index is -5.04. The first-order chi connectivity index (χ1) is 50.6. The summed E-state index contributed by atoms with van der Waals surface area (Å²) in [7, 11) is -33.3. The molecular formula is C73H91N5O24S7+2. The van der Waals surface area contributed by atoms with E-state index in [2.05, 4.69) is 5.32 Å². The highest BCUT2D eigenvalue weighted by Gasteiger charge is 2.28. The van der Waals surface area contributed by atoms with Gasteiger partial charge in [-0.15, -0.1) is 0 Å². The standard InChI is InChI=1S/C73H89N5O24S7/c1-50-43-58(29-33-66(50)76(39-21-41-103(82,83)84)53(4)24-14-9-13-23-52(3)75(37-20-12-18-28-73(80)81)67-34-30-59(44-51(67)2)105(88,89)90)49-74-72(79)27-17-11-19-38-77(68-35-31-62-64(56(68)7)45-60(106(91,92)93)47-70(62)108(97,98)99)54(5)25-15-10-16-26-55(6)78(40-22-42-104(85,86)87)69-36-32-63-65(57(69)8)46-61(107(94,95)96)48-71(63)109(100,101)102/h9-10,13-16,23-26,29-36,43-48H,11-12,17-22,27-28,37-42,49H2,1-8H3,(H7-2,74,79,80,81,82,83,84,85,86,87,88,89,90,91,92,93,94,95,96,97,98,99,100,101,102)/p+2. The zero-order valence-corrected chi connectivity index (χ0v) is 66.8. The van der Waals surface area contributed by atoms with E-state index < -0.39 is 108 Å². The number of carboxylic acid groups (broad SMARTS) is 1. The highest BCUT2D eigenvalue weighted by molar-refractivity contribution is 7.87. The third-order valence-corrected chi connectivity index (χ3v) is 23.7. The van der Waals surface area contributed by atoms with Crippen molar-refractivity contribution >= 4 is 138 Å². The highest BCUT2D eigenvalue weighted by atomic mass is 32.2. The maximum atomic E-state index is 13.4. The lowest BCUT2D eigenvalue weighted by Gasteiger charge is -2.28. The molecule has 0 aliphatic rings. The van der Waals surface area contributed by atoms with Gasteiger partial charge in [0.1, 0.15) is 22.9 Å². The normalized spacial score (nSPS) is 13.9. The number of rotatable bonds is 39. The van der Waals surface area contributed by atoms with Crippen LogP contribution in [-0.2, 0) is 87.0 Å². The molecule has 0 aliphatic carbocycles. The molecule has 0 spiro atoms. The molecule has 109 heavy (non-hydrogen) atoms. The van der Waals surface area contributed by atoms with Gasteiger partial charge in [-0.25, -0.2) is 0 Å². The molecule has 6 aromatic carbocycles. The van der Waals surface area contributed by atoms with Crippen molar-refractivity contribution in [3.63, 3.8) is 0 Å². The van der Waals surface area contributed by atoms with Crippen molar-refractivity contribution in [2.24, 2.45) is 0 Å². The Morgan fingerprint density at radius 1 is 0.422 bits per heavy atom. The Bertz CT molecular complexity index is 5590. The molecule has 29 nitrogen and oxygen atoms in total. The zero-order chi connectivity index (χ0) is 81.4. The molecule has 6 rings (SSSR count). The average molecular weight is 1650 g/mol. The molecule has 0 fully saturated rings. The number of aliphatic carboxylic acids is 1. The number of benzene rings is 6. The van der Waals surface area contributed by atoms with Gasteiger partial charge in [0, 0.05) is 128 Å². The molecule has 0 radical (unpaired) electrons. The van der Waals surface area contributed by atoms with Crippen molar-refractivity contribution in [1.29, 1.82) is 0 Å². The number of hydrogen-bond acceptors (Lipinski definition) is 18. The SMILES string of the molecule is CC(/C=C/C=C/C=C(\C)N(CCCCCC(=O)O)c1ccc(S(=O)(=O)O)cc1C)=[N+](CCCS(=O)(=O)O)c1ccc(CNC(=O)CCCCCN(/C(C)=C/C=C/C=C/C(C)=[N+](CCCS(=O)(=O)O)c2ccc3c(S(=O)(=O)O)cc(S(=O)(=O)O)cc3c2C)c2ccc3c(S(=O)(=O)O)cc(S(=O)(=O)O)cc3c2C)cc1C. The molecule has 0 aromatic heterocycles. The molecule has 592 valence electrons. The maximum Gasteiger partial charge on any atom is 0.303 e. The summed E-state index contributed by atoms with van der Waals surface area (Å²) in [5, 5.41) is 12.0. The number of allylic oxidation sites excluding steroid dienone is 12. The number of fused-ring (bicyclic) bond motifs is 2. The fraction of sp³-hybridized carbons (Fsp3) is 0.342. The van der Waals surface area contributed by atoms with Gasteiger partial charge in [0.15, 0.2) is 11.4 Å². The Labute approximate surface area is 637 Å². The number of aryl methyl sites for hydroxylation is 4. The van der Waals surface area contributed by atoms with E-state index in [0.29, 0.717) is 103 Å². The molecule has 0 unspecified atom stereocenters. The Hall–Kier alpha value is -8.47.